The quantitative estimate of drug-likeness (QED) is 0.446. The van der Waals surface area contributed by atoms with Gasteiger partial charge >= 0.3 is 0 Å². The smallest absolute Gasteiger partial charge is 0.192 e. The minimum Gasteiger partial charge on any atom is -0.414 e. The summed E-state index contributed by atoms with van der Waals surface area (Å²) in [5.41, 5.74) is 8.10. The van der Waals surface area contributed by atoms with E-state index in [2.05, 4.69) is 82.7 Å². The number of nitrogens with two attached hydrogens (primary N) is 1. The van der Waals surface area contributed by atoms with Crippen LogP contribution >= 0.6 is 0 Å². The Morgan fingerprint density at radius 1 is 0.970 bits per heavy atom. The van der Waals surface area contributed by atoms with Crippen LogP contribution in [-0.4, -0.2) is 53.8 Å². The van der Waals surface area contributed by atoms with E-state index in [-0.39, 0.29) is 16.2 Å². The number of hydrogen-bond acceptors (Lipinski definition) is 7. The minimum absolute atomic E-state index is 0.0993. The molecule has 0 aliphatic carbocycles. The second-order valence-corrected chi connectivity index (χ2v) is 21.5. The molecule has 3 heterocycles. The maximum absolute atomic E-state index is 6.85. The molecule has 0 bridgehead atoms. The van der Waals surface area contributed by atoms with Crippen LogP contribution < -0.4 is 5.73 Å². The fourth-order valence-electron chi connectivity index (χ4n) is 3.07. The van der Waals surface area contributed by atoms with Gasteiger partial charge in [-0.2, -0.15) is 0 Å². The third-order valence-electron chi connectivity index (χ3n) is 7.33. The topological polar surface area (TPSA) is 101 Å². The Kier molecular flexibility index (Phi) is 6.80. The highest BCUT2D eigenvalue weighted by Gasteiger charge is 2.41. The number of aromatic nitrogens is 5. The van der Waals surface area contributed by atoms with Gasteiger partial charge in [-0.3, -0.25) is 0 Å². The molecule has 0 radical (unpaired) electrons. The number of pyridine rings is 1. The van der Waals surface area contributed by atoms with Crippen molar-refractivity contribution in [3.05, 3.63) is 18.7 Å². The van der Waals surface area contributed by atoms with Gasteiger partial charge in [-0.05, 0) is 42.3 Å². The van der Waals surface area contributed by atoms with Crippen molar-refractivity contribution in [2.24, 2.45) is 0 Å². The molecule has 0 fully saturated rings. The van der Waals surface area contributed by atoms with Crippen LogP contribution in [0.3, 0.4) is 0 Å². The van der Waals surface area contributed by atoms with E-state index < -0.39 is 16.6 Å². The number of nitrogens with zero attached hydrogens (tertiary/aromatic N) is 5. The maximum Gasteiger partial charge on any atom is 0.192 e. The number of hydrogen-bond donors (Lipinski definition) is 1. The van der Waals surface area contributed by atoms with Crippen molar-refractivity contribution in [3.8, 4) is 0 Å². The van der Waals surface area contributed by atoms with Crippen molar-refractivity contribution < 1.29 is 8.85 Å². The number of imidazole rings is 1. The first kappa shape index (κ1) is 25.7. The number of anilines is 1. The monoisotopic (exact) mass is 488 g/mol. The van der Waals surface area contributed by atoms with E-state index in [0.29, 0.717) is 30.0 Å². The summed E-state index contributed by atoms with van der Waals surface area (Å²) in [7, 11) is -3.94. The minimum atomic E-state index is -2.02. The molecule has 2 N–H and O–H groups in total. The first-order valence-electron chi connectivity index (χ1n) is 11.6. The van der Waals surface area contributed by atoms with Crippen molar-refractivity contribution in [1.82, 2.24) is 24.5 Å². The van der Waals surface area contributed by atoms with E-state index in [1.54, 1.807) is 0 Å². The van der Waals surface area contributed by atoms with Gasteiger partial charge in [0, 0.05) is 0 Å². The van der Waals surface area contributed by atoms with Crippen molar-refractivity contribution in [2.45, 2.75) is 90.5 Å². The molecule has 10 heteroatoms. The molecule has 0 spiro atoms. The van der Waals surface area contributed by atoms with E-state index >= 15 is 0 Å². The van der Waals surface area contributed by atoms with Crippen molar-refractivity contribution in [3.63, 3.8) is 0 Å². The molecule has 0 aliphatic heterocycles. The van der Waals surface area contributed by atoms with Gasteiger partial charge in [0.25, 0.3) is 0 Å². The third-order valence-corrected chi connectivity index (χ3v) is 16.4. The standard InChI is InChI=1S/C23H40N6O2Si2/c1-22(2,3)32(7,8)30-13-16(31-33(9,10)23(4,5)6)12-29-15-27-18-11-17-19(24)25-14-26-20(17)28-21(18)29/h11,14-16H,12-13H2,1-10H3,(H2,24,25,26,28)/t16-/m0/s1. The van der Waals surface area contributed by atoms with Crippen LogP contribution in [0, 0.1) is 0 Å². The average molecular weight is 489 g/mol. The molecule has 3 rings (SSSR count). The van der Waals surface area contributed by atoms with Gasteiger partial charge < -0.3 is 19.2 Å². The Bertz CT molecular complexity index is 1130. The second-order valence-electron chi connectivity index (χ2n) is 11.9. The molecule has 0 saturated heterocycles. The molecule has 3 aromatic rings. The van der Waals surface area contributed by atoms with Crippen molar-refractivity contribution >= 4 is 44.6 Å². The fourth-order valence-corrected chi connectivity index (χ4v) is 5.43. The molecule has 3 aromatic heterocycles. The molecule has 0 saturated carbocycles. The molecular formula is C23H40N6O2Si2. The Morgan fingerprint density at radius 3 is 2.21 bits per heavy atom. The van der Waals surface area contributed by atoms with Gasteiger partial charge in [-0.1, -0.05) is 41.5 Å². The van der Waals surface area contributed by atoms with Gasteiger partial charge in [-0.15, -0.1) is 0 Å². The maximum atomic E-state index is 6.85. The zero-order chi connectivity index (χ0) is 24.8. The summed E-state index contributed by atoms with van der Waals surface area (Å²) in [6.45, 7) is 23.8. The molecule has 0 amide bonds. The summed E-state index contributed by atoms with van der Waals surface area (Å²) >= 11 is 0. The van der Waals surface area contributed by atoms with Crippen LogP contribution in [0.2, 0.25) is 36.3 Å². The van der Waals surface area contributed by atoms with Gasteiger partial charge in [-0.25, -0.2) is 19.9 Å². The summed E-state index contributed by atoms with van der Waals surface area (Å²) in [5.74, 6) is 0.408. The van der Waals surface area contributed by atoms with Crippen LogP contribution in [0.1, 0.15) is 41.5 Å². The Labute approximate surface area is 199 Å². The van der Waals surface area contributed by atoms with Crippen molar-refractivity contribution in [1.29, 1.82) is 0 Å². The largest absolute Gasteiger partial charge is 0.414 e. The highest BCUT2D eigenvalue weighted by atomic mass is 28.4. The zero-order valence-corrected chi connectivity index (χ0v) is 23.9. The van der Waals surface area contributed by atoms with Crippen LogP contribution in [0.4, 0.5) is 5.82 Å². The van der Waals surface area contributed by atoms with E-state index in [0.717, 1.165) is 11.2 Å². The molecule has 1 atom stereocenters. The van der Waals surface area contributed by atoms with Gasteiger partial charge in [0.05, 0.1) is 31.0 Å². The number of nitrogen functional groups attached to an aromatic ring is 1. The Balaban J connectivity index is 1.94. The first-order valence-corrected chi connectivity index (χ1v) is 17.4. The van der Waals surface area contributed by atoms with Gasteiger partial charge in [0.1, 0.15) is 17.7 Å². The molecule has 0 aromatic carbocycles. The fraction of sp³-hybridized carbons (Fsp3) is 0.652. The third kappa shape index (κ3) is 5.45. The lowest BCUT2D eigenvalue weighted by Crippen LogP contribution is -2.48. The Hall–Kier alpha value is -1.89. The number of rotatable bonds is 7. The molecular weight excluding hydrogens is 448 g/mol. The highest BCUT2D eigenvalue weighted by Crippen LogP contribution is 2.39. The van der Waals surface area contributed by atoms with Gasteiger partial charge in [0.15, 0.2) is 27.9 Å². The van der Waals surface area contributed by atoms with Crippen LogP contribution in [0.5, 0.6) is 0 Å². The van der Waals surface area contributed by atoms with E-state index in [1.807, 2.05) is 17.0 Å². The zero-order valence-electron chi connectivity index (χ0n) is 21.9. The second kappa shape index (κ2) is 8.72. The van der Waals surface area contributed by atoms with Crippen LogP contribution in [0.25, 0.3) is 22.2 Å². The normalized spacial score (nSPS) is 14.8. The van der Waals surface area contributed by atoms with Gasteiger partial charge in [0.2, 0.25) is 0 Å². The van der Waals surface area contributed by atoms with Crippen molar-refractivity contribution in [2.75, 3.05) is 12.3 Å². The van der Waals surface area contributed by atoms with E-state index in [1.165, 1.54) is 6.33 Å². The van der Waals surface area contributed by atoms with E-state index in [9.17, 15) is 0 Å². The highest BCUT2D eigenvalue weighted by molar-refractivity contribution is 6.74. The van der Waals surface area contributed by atoms with Crippen LogP contribution in [-0.2, 0) is 15.4 Å². The molecule has 0 aliphatic rings. The Morgan fingerprint density at radius 2 is 1.61 bits per heavy atom. The summed E-state index contributed by atoms with van der Waals surface area (Å²) in [5, 5.41) is 0.948. The SMILES string of the molecule is CC(C)(C)[Si](C)(C)OC[C@H](Cn1cnc2cc3c(N)ncnc3nc21)O[Si](C)(C)C(C)(C)C. The lowest BCUT2D eigenvalue weighted by molar-refractivity contribution is 0.0942. The lowest BCUT2D eigenvalue weighted by Gasteiger charge is -2.41. The predicted molar refractivity (Wildman–Crippen MR) is 140 cm³/mol. The average Bonchev–Trinajstić information content (AvgIpc) is 3.05. The van der Waals surface area contributed by atoms with E-state index in [4.69, 9.17) is 19.6 Å². The molecule has 0 unspecified atom stereocenters. The number of fused-ring (bicyclic) bond motifs is 2. The first-order chi connectivity index (χ1) is 15.0. The summed E-state index contributed by atoms with van der Waals surface area (Å²) in [6, 6.07) is 1.90. The molecule has 8 nitrogen and oxygen atoms in total. The summed E-state index contributed by atoms with van der Waals surface area (Å²) in [4.78, 5) is 17.7. The summed E-state index contributed by atoms with van der Waals surface area (Å²) < 4.78 is 15.5. The van der Waals surface area contributed by atoms with Crippen LogP contribution in [0.15, 0.2) is 18.7 Å². The lowest BCUT2D eigenvalue weighted by atomic mass is 10.2. The molecule has 182 valence electrons. The predicted octanol–water partition coefficient (Wildman–Crippen LogP) is 5.37. The summed E-state index contributed by atoms with van der Waals surface area (Å²) in [6.07, 6.45) is 3.15. The molecule has 33 heavy (non-hydrogen) atoms.